The first-order valence-electron chi connectivity index (χ1n) is 9.84. The molecule has 1 heterocycles. The van der Waals surface area contributed by atoms with Gasteiger partial charge in [-0.2, -0.15) is 0 Å². The van der Waals surface area contributed by atoms with Crippen LogP contribution in [0, 0.1) is 17.8 Å². The van der Waals surface area contributed by atoms with Crippen molar-refractivity contribution < 1.29 is 19.1 Å². The Balaban J connectivity index is 1.54. The fourth-order valence-corrected chi connectivity index (χ4v) is 4.38. The first-order chi connectivity index (χ1) is 14.0. The summed E-state index contributed by atoms with van der Waals surface area (Å²) in [6, 6.07) is 13.5. The van der Waals surface area contributed by atoms with E-state index in [1.54, 1.807) is 48.5 Å². The number of benzene rings is 2. The van der Waals surface area contributed by atoms with E-state index in [1.165, 1.54) is 4.90 Å². The Kier molecular flexibility index (Phi) is 5.41. The summed E-state index contributed by atoms with van der Waals surface area (Å²) in [5.74, 6) is -0.242. The number of ether oxygens (including phenoxy) is 1. The molecule has 2 fully saturated rings. The lowest BCUT2D eigenvalue weighted by molar-refractivity contribution is -0.122. The largest absolute Gasteiger partial charge is 0.483 e. The maximum absolute atomic E-state index is 13.0. The quantitative estimate of drug-likeness (QED) is 0.535. The molecular formula is C23H22ClNO4. The van der Waals surface area contributed by atoms with Crippen molar-refractivity contribution in [1.82, 2.24) is 0 Å². The molecule has 2 aromatic carbocycles. The van der Waals surface area contributed by atoms with E-state index in [0.717, 1.165) is 19.3 Å². The summed E-state index contributed by atoms with van der Waals surface area (Å²) in [6.45, 7) is 1.93. The fourth-order valence-electron chi connectivity index (χ4n) is 4.25. The van der Waals surface area contributed by atoms with Crippen molar-refractivity contribution in [2.45, 2.75) is 26.2 Å². The Bertz CT molecular complexity index is 956. The predicted molar refractivity (Wildman–Crippen MR) is 110 cm³/mol. The van der Waals surface area contributed by atoms with E-state index < -0.39 is 0 Å². The van der Waals surface area contributed by atoms with E-state index >= 15 is 0 Å². The zero-order valence-electron chi connectivity index (χ0n) is 16.1. The van der Waals surface area contributed by atoms with Gasteiger partial charge in [-0.1, -0.05) is 30.7 Å². The van der Waals surface area contributed by atoms with Gasteiger partial charge < -0.3 is 4.74 Å². The second-order valence-corrected chi connectivity index (χ2v) is 8.27. The molecule has 0 aromatic heterocycles. The van der Waals surface area contributed by atoms with Crippen LogP contribution in [0.1, 0.15) is 36.5 Å². The molecule has 1 saturated heterocycles. The van der Waals surface area contributed by atoms with Crippen LogP contribution in [0.25, 0.3) is 0 Å². The molecule has 2 aliphatic rings. The van der Waals surface area contributed by atoms with Gasteiger partial charge in [0.05, 0.1) is 17.5 Å². The molecule has 0 spiro atoms. The van der Waals surface area contributed by atoms with Crippen LogP contribution in [0.4, 0.5) is 5.69 Å². The second-order valence-electron chi connectivity index (χ2n) is 7.83. The number of amides is 2. The first-order valence-corrected chi connectivity index (χ1v) is 10.2. The van der Waals surface area contributed by atoms with Gasteiger partial charge in [0.1, 0.15) is 5.75 Å². The molecule has 0 radical (unpaired) electrons. The number of halogens is 1. The Morgan fingerprint density at radius 1 is 1.03 bits per heavy atom. The number of carbonyl (C=O) groups excluding carboxylic acids is 3. The number of imide groups is 1. The monoisotopic (exact) mass is 411 g/mol. The molecule has 4 rings (SSSR count). The van der Waals surface area contributed by atoms with Crippen LogP contribution in [-0.4, -0.2) is 24.2 Å². The number of fused-ring (bicyclic) bond motifs is 1. The normalized spacial score (nSPS) is 23.8. The third kappa shape index (κ3) is 3.79. The summed E-state index contributed by atoms with van der Waals surface area (Å²) in [7, 11) is 0. The number of ketones is 1. The summed E-state index contributed by atoms with van der Waals surface area (Å²) in [6.07, 6.45) is 2.44. The molecule has 29 heavy (non-hydrogen) atoms. The van der Waals surface area contributed by atoms with Crippen molar-refractivity contribution in [2.24, 2.45) is 17.8 Å². The topological polar surface area (TPSA) is 63.7 Å². The second kappa shape index (κ2) is 7.99. The Hall–Kier alpha value is -2.66. The molecule has 6 heteroatoms. The van der Waals surface area contributed by atoms with E-state index in [1.807, 2.05) is 0 Å². The van der Waals surface area contributed by atoms with Crippen molar-refractivity contribution >= 4 is 34.9 Å². The number of hydrogen-bond donors (Lipinski definition) is 0. The van der Waals surface area contributed by atoms with Crippen LogP contribution in [-0.2, 0) is 9.59 Å². The highest BCUT2D eigenvalue weighted by Gasteiger charge is 2.50. The minimum absolute atomic E-state index is 0.160. The molecule has 5 nitrogen and oxygen atoms in total. The van der Waals surface area contributed by atoms with E-state index in [9.17, 15) is 14.4 Å². The number of Topliss-reactive ketones (excluding diaryl/α,β-unsaturated/α-hetero) is 1. The number of para-hydroxylation sites is 2. The minimum Gasteiger partial charge on any atom is -0.483 e. The summed E-state index contributed by atoms with van der Waals surface area (Å²) in [5.41, 5.74) is 0.897. The van der Waals surface area contributed by atoms with Gasteiger partial charge in [-0.25, -0.2) is 4.90 Å². The highest BCUT2D eigenvalue weighted by atomic mass is 35.5. The van der Waals surface area contributed by atoms with Crippen LogP contribution < -0.4 is 9.64 Å². The van der Waals surface area contributed by atoms with Crippen molar-refractivity contribution in [3.05, 3.63) is 59.1 Å². The lowest BCUT2D eigenvalue weighted by Crippen LogP contribution is -2.31. The van der Waals surface area contributed by atoms with Gasteiger partial charge in [-0.3, -0.25) is 14.4 Å². The van der Waals surface area contributed by atoms with Crippen LogP contribution in [0.3, 0.4) is 0 Å². The molecule has 0 N–H and O–H groups in total. The number of rotatable bonds is 5. The van der Waals surface area contributed by atoms with Crippen LogP contribution in [0.2, 0.25) is 5.02 Å². The number of carbonyl (C=O) groups is 3. The molecule has 2 aromatic rings. The molecule has 1 aliphatic carbocycles. The lowest BCUT2D eigenvalue weighted by Gasteiger charge is -2.25. The molecule has 0 bridgehead atoms. The number of anilines is 1. The molecule has 2 amide bonds. The maximum Gasteiger partial charge on any atom is 0.237 e. The van der Waals surface area contributed by atoms with E-state index in [-0.39, 0.29) is 36.0 Å². The molecule has 3 atom stereocenters. The highest BCUT2D eigenvalue weighted by Crippen LogP contribution is 2.44. The van der Waals surface area contributed by atoms with Crippen molar-refractivity contribution in [3.63, 3.8) is 0 Å². The SMILES string of the molecule is C[C@@H]1CC[C@H]2C(=O)N(c3ccccc3OCC(=O)c3ccc(Cl)cc3)C(=O)[C@@H]2C1. The van der Waals surface area contributed by atoms with Gasteiger partial charge in [0.2, 0.25) is 11.8 Å². The van der Waals surface area contributed by atoms with Crippen LogP contribution in [0.5, 0.6) is 5.75 Å². The van der Waals surface area contributed by atoms with Crippen molar-refractivity contribution in [2.75, 3.05) is 11.5 Å². The summed E-state index contributed by atoms with van der Waals surface area (Å²) in [5, 5.41) is 0.551. The summed E-state index contributed by atoms with van der Waals surface area (Å²) < 4.78 is 5.74. The van der Waals surface area contributed by atoms with E-state index in [4.69, 9.17) is 16.3 Å². The molecule has 1 aliphatic heterocycles. The predicted octanol–water partition coefficient (Wildman–Crippen LogP) is 4.53. The molecule has 0 unspecified atom stereocenters. The number of hydrogen-bond acceptors (Lipinski definition) is 4. The van der Waals surface area contributed by atoms with Crippen LogP contribution >= 0.6 is 11.6 Å². The first kappa shape index (κ1) is 19.6. The average Bonchev–Trinajstić information content (AvgIpc) is 2.96. The van der Waals surface area contributed by atoms with Crippen molar-refractivity contribution in [1.29, 1.82) is 0 Å². The zero-order chi connectivity index (χ0) is 20.5. The average molecular weight is 412 g/mol. The maximum atomic E-state index is 13.0. The number of nitrogens with zero attached hydrogens (tertiary/aromatic N) is 1. The Labute approximate surface area is 174 Å². The molecule has 1 saturated carbocycles. The molecular weight excluding hydrogens is 390 g/mol. The Morgan fingerprint density at radius 2 is 1.72 bits per heavy atom. The van der Waals surface area contributed by atoms with Gasteiger partial charge in [-0.15, -0.1) is 0 Å². The van der Waals surface area contributed by atoms with E-state index in [2.05, 4.69) is 6.92 Å². The lowest BCUT2D eigenvalue weighted by atomic mass is 9.76. The van der Waals surface area contributed by atoms with Gasteiger partial charge in [0.15, 0.2) is 12.4 Å². The standard InChI is InChI=1S/C23H22ClNO4/c1-14-6-11-17-18(12-14)23(28)25(22(17)27)19-4-2-3-5-21(19)29-13-20(26)15-7-9-16(24)10-8-15/h2-5,7-10,14,17-18H,6,11-13H2,1H3/t14-,17-,18-/m1/s1. The van der Waals surface area contributed by atoms with Gasteiger partial charge >= 0.3 is 0 Å². The third-order valence-corrected chi connectivity index (χ3v) is 6.07. The van der Waals surface area contributed by atoms with E-state index in [0.29, 0.717) is 27.9 Å². The van der Waals surface area contributed by atoms with Crippen LogP contribution in [0.15, 0.2) is 48.5 Å². The fraction of sp³-hybridized carbons (Fsp3) is 0.348. The zero-order valence-corrected chi connectivity index (χ0v) is 16.9. The van der Waals surface area contributed by atoms with Gasteiger partial charge in [0, 0.05) is 10.6 Å². The highest BCUT2D eigenvalue weighted by molar-refractivity contribution is 6.30. The summed E-state index contributed by atoms with van der Waals surface area (Å²) in [4.78, 5) is 39.7. The molecule has 150 valence electrons. The Morgan fingerprint density at radius 3 is 2.48 bits per heavy atom. The van der Waals surface area contributed by atoms with Crippen molar-refractivity contribution in [3.8, 4) is 5.75 Å². The smallest absolute Gasteiger partial charge is 0.237 e. The third-order valence-electron chi connectivity index (χ3n) is 5.82. The van der Waals surface area contributed by atoms with Gasteiger partial charge in [-0.05, 0) is 61.6 Å². The summed E-state index contributed by atoms with van der Waals surface area (Å²) >= 11 is 5.86. The van der Waals surface area contributed by atoms with Gasteiger partial charge in [0.25, 0.3) is 0 Å². The minimum atomic E-state index is -0.255.